The van der Waals surface area contributed by atoms with E-state index in [2.05, 4.69) is 21.9 Å². The summed E-state index contributed by atoms with van der Waals surface area (Å²) in [6.07, 6.45) is 4.66. The van der Waals surface area contributed by atoms with E-state index >= 15 is 0 Å². The van der Waals surface area contributed by atoms with E-state index in [1.807, 2.05) is 6.20 Å². The molecule has 1 aliphatic carbocycles. The van der Waals surface area contributed by atoms with E-state index in [1.165, 1.54) is 31.5 Å². The molecule has 1 saturated carbocycles. The number of primary amides is 1. The largest absolute Gasteiger partial charge is 0.366 e. The zero-order chi connectivity index (χ0) is 17.3. The Morgan fingerprint density at radius 2 is 2.20 bits per heavy atom. The van der Waals surface area contributed by atoms with Gasteiger partial charge in [-0.2, -0.15) is 0 Å². The number of nitrogens with two attached hydrogens (primary N) is 1. The average molecular weight is 341 g/mol. The van der Waals surface area contributed by atoms with Gasteiger partial charge < -0.3 is 10.6 Å². The van der Waals surface area contributed by atoms with Crippen molar-refractivity contribution in [2.24, 2.45) is 11.7 Å². The fourth-order valence-corrected chi connectivity index (χ4v) is 4.21. The van der Waals surface area contributed by atoms with Gasteiger partial charge in [0.25, 0.3) is 5.91 Å². The fraction of sp³-hybridized carbons (Fsp3) is 0.444. The van der Waals surface area contributed by atoms with Gasteiger partial charge in [0.2, 0.25) is 0 Å². The number of carbonyl (C=O) groups is 1. The Morgan fingerprint density at radius 3 is 2.88 bits per heavy atom. The first-order valence-corrected chi connectivity index (χ1v) is 8.66. The Bertz CT molecular complexity index is 1010. The van der Waals surface area contributed by atoms with Crippen LogP contribution in [-0.4, -0.2) is 45.0 Å². The Kier molecular flexibility index (Phi) is 2.87. The van der Waals surface area contributed by atoms with Crippen LogP contribution < -0.4 is 5.73 Å². The summed E-state index contributed by atoms with van der Waals surface area (Å²) >= 11 is 0. The monoisotopic (exact) mass is 341 g/mol. The molecule has 3 heterocycles. The zero-order valence-corrected chi connectivity index (χ0v) is 14.1. The maximum Gasteiger partial charge on any atom is 0.251 e. The lowest BCUT2D eigenvalue weighted by Crippen LogP contribution is -2.57. The Hall–Kier alpha value is -2.41. The molecule has 2 fully saturated rings. The van der Waals surface area contributed by atoms with Gasteiger partial charge in [0, 0.05) is 42.9 Å². The van der Waals surface area contributed by atoms with Gasteiger partial charge in [-0.3, -0.25) is 9.89 Å². The Labute approximate surface area is 143 Å². The third kappa shape index (κ3) is 2.18. The SMILES string of the molecule is CC1(c2c[nH]n3c2nc2cc(F)cc(C(N)=O)c23)CN(CC2CC2)C1. The number of nitrogens with zero attached hydrogens (tertiary/aromatic N) is 3. The van der Waals surface area contributed by atoms with Gasteiger partial charge in [0.05, 0.1) is 11.1 Å². The van der Waals surface area contributed by atoms with E-state index in [4.69, 9.17) is 5.73 Å². The molecule has 5 rings (SSSR count). The van der Waals surface area contributed by atoms with Crippen LogP contribution >= 0.6 is 0 Å². The number of fused-ring (bicyclic) bond motifs is 3. The van der Waals surface area contributed by atoms with Crippen LogP contribution in [0.15, 0.2) is 18.3 Å². The molecule has 2 aromatic heterocycles. The van der Waals surface area contributed by atoms with Crippen molar-refractivity contribution in [3.63, 3.8) is 0 Å². The second kappa shape index (κ2) is 4.82. The summed E-state index contributed by atoms with van der Waals surface area (Å²) in [5.74, 6) is -0.284. The molecule has 3 N–H and O–H groups in total. The van der Waals surface area contributed by atoms with Crippen molar-refractivity contribution in [2.75, 3.05) is 19.6 Å². The highest BCUT2D eigenvalue weighted by molar-refractivity contribution is 6.05. The number of aromatic amines is 1. The number of likely N-dealkylation sites (tertiary alicyclic amines) is 1. The number of imidazole rings is 1. The lowest BCUT2D eigenvalue weighted by atomic mass is 9.76. The first-order valence-electron chi connectivity index (χ1n) is 8.66. The average Bonchev–Trinajstić information content (AvgIpc) is 3.12. The van der Waals surface area contributed by atoms with Crippen LogP contribution in [0.2, 0.25) is 0 Å². The molecule has 0 radical (unpaired) electrons. The third-order valence-corrected chi connectivity index (χ3v) is 5.57. The van der Waals surface area contributed by atoms with Crippen molar-refractivity contribution in [2.45, 2.75) is 25.2 Å². The molecule has 130 valence electrons. The highest BCUT2D eigenvalue weighted by Crippen LogP contribution is 2.40. The molecule has 6 nitrogen and oxygen atoms in total. The molecule has 0 atom stereocenters. The second-order valence-corrected chi connectivity index (χ2v) is 7.82. The maximum absolute atomic E-state index is 13.8. The first kappa shape index (κ1) is 14.9. The van der Waals surface area contributed by atoms with Gasteiger partial charge in [-0.25, -0.2) is 13.9 Å². The molecule has 0 unspecified atom stereocenters. The van der Waals surface area contributed by atoms with Crippen molar-refractivity contribution >= 4 is 22.6 Å². The van der Waals surface area contributed by atoms with Gasteiger partial charge in [-0.05, 0) is 24.8 Å². The van der Waals surface area contributed by atoms with Crippen LogP contribution in [0.4, 0.5) is 4.39 Å². The minimum atomic E-state index is -0.659. The van der Waals surface area contributed by atoms with E-state index in [-0.39, 0.29) is 11.0 Å². The van der Waals surface area contributed by atoms with Crippen LogP contribution in [0.5, 0.6) is 0 Å². The first-order chi connectivity index (χ1) is 11.9. The topological polar surface area (TPSA) is 79.4 Å². The number of halogens is 1. The lowest BCUT2D eigenvalue weighted by Gasteiger charge is -2.48. The van der Waals surface area contributed by atoms with Gasteiger partial charge in [-0.1, -0.05) is 6.92 Å². The van der Waals surface area contributed by atoms with Crippen LogP contribution in [0.25, 0.3) is 16.7 Å². The summed E-state index contributed by atoms with van der Waals surface area (Å²) in [4.78, 5) is 18.8. The van der Waals surface area contributed by atoms with Crippen molar-refractivity contribution in [3.05, 3.63) is 35.3 Å². The van der Waals surface area contributed by atoms with E-state index in [0.29, 0.717) is 11.0 Å². The number of amides is 1. The highest BCUT2D eigenvalue weighted by Gasteiger charge is 2.44. The van der Waals surface area contributed by atoms with Crippen LogP contribution in [-0.2, 0) is 5.41 Å². The number of aromatic nitrogens is 3. The molecule has 1 saturated heterocycles. The fourth-order valence-electron chi connectivity index (χ4n) is 4.21. The molecule has 0 spiro atoms. The number of carbonyl (C=O) groups excluding carboxylic acids is 1. The summed E-state index contributed by atoms with van der Waals surface area (Å²) in [7, 11) is 0. The third-order valence-electron chi connectivity index (χ3n) is 5.57. The van der Waals surface area contributed by atoms with Gasteiger partial charge in [-0.15, -0.1) is 0 Å². The van der Waals surface area contributed by atoms with Crippen molar-refractivity contribution < 1.29 is 9.18 Å². The molecule has 7 heteroatoms. The molecule has 1 aliphatic heterocycles. The van der Waals surface area contributed by atoms with Crippen LogP contribution in [0.3, 0.4) is 0 Å². The minimum absolute atomic E-state index is 0.0168. The number of rotatable bonds is 4. The molecule has 0 bridgehead atoms. The maximum atomic E-state index is 13.8. The summed E-state index contributed by atoms with van der Waals surface area (Å²) in [5.41, 5.74) is 8.42. The Balaban J connectivity index is 1.59. The zero-order valence-electron chi connectivity index (χ0n) is 14.1. The summed E-state index contributed by atoms with van der Waals surface area (Å²) in [6, 6.07) is 2.51. The summed E-state index contributed by atoms with van der Waals surface area (Å²) < 4.78 is 15.6. The molecule has 25 heavy (non-hydrogen) atoms. The van der Waals surface area contributed by atoms with Gasteiger partial charge >= 0.3 is 0 Å². The number of hydrogen-bond donors (Lipinski definition) is 2. The standard InChI is InChI=1S/C18H20FN5O/c1-18(8-23(9-18)7-10-2-3-10)13-6-21-24-15-12(16(20)25)4-11(19)5-14(15)22-17(13)24/h4-6,10,21H,2-3,7-9H2,1H3,(H2,20,25). The van der Waals surface area contributed by atoms with E-state index in [9.17, 15) is 9.18 Å². The quantitative estimate of drug-likeness (QED) is 0.762. The summed E-state index contributed by atoms with van der Waals surface area (Å²) in [6.45, 7) is 5.41. The molecule has 1 aromatic carbocycles. The van der Waals surface area contributed by atoms with Gasteiger partial charge in [0.15, 0.2) is 5.65 Å². The van der Waals surface area contributed by atoms with E-state index in [1.54, 1.807) is 4.52 Å². The lowest BCUT2D eigenvalue weighted by molar-refractivity contribution is 0.0741. The molecule has 3 aromatic rings. The van der Waals surface area contributed by atoms with Crippen LogP contribution in [0.1, 0.15) is 35.7 Å². The van der Waals surface area contributed by atoms with Gasteiger partial charge in [0.1, 0.15) is 11.3 Å². The number of nitrogens with one attached hydrogen (secondary N) is 1. The highest BCUT2D eigenvalue weighted by atomic mass is 19.1. The normalized spacial score (nSPS) is 20.2. The summed E-state index contributed by atoms with van der Waals surface area (Å²) in [5, 5.41) is 3.17. The molecular formula is C18H20FN5O. The Morgan fingerprint density at radius 1 is 1.44 bits per heavy atom. The van der Waals surface area contributed by atoms with Crippen molar-refractivity contribution in [1.82, 2.24) is 19.5 Å². The second-order valence-electron chi connectivity index (χ2n) is 7.82. The number of hydrogen-bond acceptors (Lipinski definition) is 3. The van der Waals surface area contributed by atoms with E-state index < -0.39 is 11.7 Å². The van der Waals surface area contributed by atoms with E-state index in [0.717, 1.165) is 30.2 Å². The molecular weight excluding hydrogens is 321 g/mol. The minimum Gasteiger partial charge on any atom is -0.366 e. The smallest absolute Gasteiger partial charge is 0.251 e. The predicted molar refractivity (Wildman–Crippen MR) is 92.0 cm³/mol. The molecule has 1 amide bonds. The molecule has 2 aliphatic rings. The van der Waals surface area contributed by atoms with Crippen molar-refractivity contribution in [3.8, 4) is 0 Å². The number of H-pyrrole nitrogens is 1. The van der Waals surface area contributed by atoms with Crippen LogP contribution in [0, 0.1) is 11.7 Å². The van der Waals surface area contributed by atoms with Crippen molar-refractivity contribution in [1.29, 1.82) is 0 Å². The number of benzene rings is 1. The predicted octanol–water partition coefficient (Wildman–Crippen LogP) is 2.04.